The van der Waals surface area contributed by atoms with Crippen LogP contribution in [-0.4, -0.2) is 0 Å². The van der Waals surface area contributed by atoms with Gasteiger partial charge in [-0.3, -0.25) is 0 Å². The highest BCUT2D eigenvalue weighted by Crippen LogP contribution is 2.18. The number of para-hydroxylation sites is 1. The molecule has 0 saturated carbocycles. The second-order valence-electron chi connectivity index (χ2n) is 3.37. The Morgan fingerprint density at radius 3 is 2.87 bits per heavy atom. The van der Waals surface area contributed by atoms with Crippen molar-refractivity contribution in [1.29, 1.82) is 0 Å². The summed E-state index contributed by atoms with van der Waals surface area (Å²) in [6.45, 7) is 5.93. The Bertz CT molecular complexity index is 326. The molecule has 0 fully saturated rings. The van der Waals surface area contributed by atoms with Gasteiger partial charge in [-0.2, -0.15) is 0 Å². The van der Waals surface area contributed by atoms with Crippen LogP contribution in [0.3, 0.4) is 0 Å². The van der Waals surface area contributed by atoms with E-state index in [-0.39, 0.29) is 0 Å². The highest BCUT2D eigenvalue weighted by Gasteiger charge is 1.95. The average molecular weight is 202 g/mol. The van der Waals surface area contributed by atoms with Crippen LogP contribution in [0.25, 0.3) is 6.08 Å². The first kappa shape index (κ1) is 11.6. The molecule has 0 spiro atoms. The fourth-order valence-electron chi connectivity index (χ4n) is 1.27. The SMILES string of the molecule is C=Cc1ccccc1O/C=C/CCCC. The summed E-state index contributed by atoms with van der Waals surface area (Å²) < 4.78 is 5.52. The molecule has 1 rings (SSSR count). The van der Waals surface area contributed by atoms with Gasteiger partial charge in [0.25, 0.3) is 0 Å². The molecule has 0 amide bonds. The molecule has 1 aromatic carbocycles. The monoisotopic (exact) mass is 202 g/mol. The zero-order valence-corrected chi connectivity index (χ0v) is 9.28. The number of rotatable bonds is 6. The normalized spacial score (nSPS) is 10.5. The third-order valence-corrected chi connectivity index (χ3v) is 2.15. The summed E-state index contributed by atoms with van der Waals surface area (Å²) in [5.74, 6) is 0.861. The van der Waals surface area contributed by atoms with Crippen molar-refractivity contribution in [2.24, 2.45) is 0 Å². The molecule has 0 aliphatic carbocycles. The van der Waals surface area contributed by atoms with Crippen molar-refractivity contribution in [1.82, 2.24) is 0 Å². The summed E-state index contributed by atoms with van der Waals surface area (Å²) in [6.07, 6.45) is 9.12. The van der Waals surface area contributed by atoms with Gasteiger partial charge >= 0.3 is 0 Å². The average Bonchev–Trinajstić information content (AvgIpc) is 2.29. The molecule has 15 heavy (non-hydrogen) atoms. The van der Waals surface area contributed by atoms with Crippen molar-refractivity contribution in [2.45, 2.75) is 26.2 Å². The van der Waals surface area contributed by atoms with Gasteiger partial charge in [0, 0.05) is 5.56 Å². The van der Waals surface area contributed by atoms with E-state index in [0.29, 0.717) is 0 Å². The lowest BCUT2D eigenvalue weighted by atomic mass is 10.2. The Kier molecular flexibility index (Phi) is 5.31. The number of benzene rings is 1. The number of allylic oxidation sites excluding steroid dienone is 1. The summed E-state index contributed by atoms with van der Waals surface area (Å²) in [5, 5.41) is 0. The van der Waals surface area contributed by atoms with Crippen LogP contribution in [0.15, 0.2) is 43.2 Å². The van der Waals surface area contributed by atoms with Crippen molar-refractivity contribution < 1.29 is 4.74 Å². The minimum absolute atomic E-state index is 0.861. The zero-order chi connectivity index (χ0) is 10.9. The minimum Gasteiger partial charge on any atom is -0.465 e. The second-order valence-corrected chi connectivity index (χ2v) is 3.37. The van der Waals surface area contributed by atoms with Gasteiger partial charge < -0.3 is 4.74 Å². The molecule has 0 bridgehead atoms. The molecule has 0 N–H and O–H groups in total. The van der Waals surface area contributed by atoms with Crippen LogP contribution >= 0.6 is 0 Å². The quantitative estimate of drug-likeness (QED) is 0.490. The van der Waals surface area contributed by atoms with Gasteiger partial charge in [0.2, 0.25) is 0 Å². The van der Waals surface area contributed by atoms with Gasteiger partial charge in [-0.05, 0) is 25.0 Å². The van der Waals surface area contributed by atoms with Crippen molar-refractivity contribution in [3.63, 3.8) is 0 Å². The fourth-order valence-corrected chi connectivity index (χ4v) is 1.27. The van der Waals surface area contributed by atoms with Crippen LogP contribution < -0.4 is 4.74 Å². The smallest absolute Gasteiger partial charge is 0.133 e. The van der Waals surface area contributed by atoms with E-state index >= 15 is 0 Å². The topological polar surface area (TPSA) is 9.23 Å². The molecular weight excluding hydrogens is 184 g/mol. The van der Waals surface area contributed by atoms with E-state index in [4.69, 9.17) is 4.74 Å². The summed E-state index contributed by atoms with van der Waals surface area (Å²) in [7, 11) is 0. The summed E-state index contributed by atoms with van der Waals surface area (Å²) >= 11 is 0. The summed E-state index contributed by atoms with van der Waals surface area (Å²) in [6, 6.07) is 7.87. The van der Waals surface area contributed by atoms with E-state index in [9.17, 15) is 0 Å². The Hall–Kier alpha value is -1.50. The van der Waals surface area contributed by atoms with E-state index in [1.165, 1.54) is 12.8 Å². The standard InChI is InChI=1S/C14H18O/c1-3-5-6-9-12-15-14-11-8-7-10-13(14)4-2/h4,7-12H,2-3,5-6H2,1H3/b12-9+. The predicted octanol–water partition coefficient (Wildman–Crippen LogP) is 4.41. The minimum atomic E-state index is 0.861. The van der Waals surface area contributed by atoms with Crippen molar-refractivity contribution in [3.8, 4) is 5.75 Å². The highest BCUT2D eigenvalue weighted by molar-refractivity contribution is 5.55. The largest absolute Gasteiger partial charge is 0.465 e. The van der Waals surface area contributed by atoms with E-state index < -0.39 is 0 Å². The Balaban J connectivity index is 2.49. The Morgan fingerprint density at radius 2 is 2.13 bits per heavy atom. The maximum absolute atomic E-state index is 5.52. The van der Waals surface area contributed by atoms with E-state index in [2.05, 4.69) is 19.6 Å². The number of unbranched alkanes of at least 4 members (excludes halogenated alkanes) is 2. The first-order valence-electron chi connectivity index (χ1n) is 5.41. The number of ether oxygens (including phenoxy) is 1. The molecule has 0 aliphatic heterocycles. The lowest BCUT2D eigenvalue weighted by Gasteiger charge is -2.03. The third-order valence-electron chi connectivity index (χ3n) is 2.15. The van der Waals surface area contributed by atoms with Crippen LogP contribution in [0.4, 0.5) is 0 Å². The molecule has 0 atom stereocenters. The molecule has 0 unspecified atom stereocenters. The van der Waals surface area contributed by atoms with Gasteiger partial charge in [0.1, 0.15) is 5.75 Å². The molecule has 0 radical (unpaired) electrons. The van der Waals surface area contributed by atoms with Gasteiger partial charge in [-0.25, -0.2) is 0 Å². The van der Waals surface area contributed by atoms with E-state index in [1.54, 1.807) is 12.3 Å². The predicted molar refractivity (Wildman–Crippen MR) is 65.8 cm³/mol. The lowest BCUT2D eigenvalue weighted by Crippen LogP contribution is -1.85. The van der Waals surface area contributed by atoms with Crippen molar-refractivity contribution in [2.75, 3.05) is 0 Å². The van der Waals surface area contributed by atoms with Gasteiger partial charge in [-0.1, -0.05) is 44.2 Å². The van der Waals surface area contributed by atoms with Crippen molar-refractivity contribution in [3.05, 3.63) is 48.7 Å². The van der Waals surface area contributed by atoms with E-state index in [1.807, 2.05) is 24.3 Å². The zero-order valence-electron chi connectivity index (χ0n) is 9.28. The van der Waals surface area contributed by atoms with Crippen LogP contribution in [-0.2, 0) is 0 Å². The Labute approximate surface area is 92.1 Å². The van der Waals surface area contributed by atoms with Crippen LogP contribution in [0, 0.1) is 0 Å². The van der Waals surface area contributed by atoms with Crippen LogP contribution in [0.5, 0.6) is 5.75 Å². The molecule has 1 nitrogen and oxygen atoms in total. The lowest BCUT2D eigenvalue weighted by molar-refractivity contribution is 0.477. The Morgan fingerprint density at radius 1 is 1.33 bits per heavy atom. The first-order valence-corrected chi connectivity index (χ1v) is 5.41. The molecular formula is C14H18O. The first-order chi connectivity index (χ1) is 7.38. The summed E-state index contributed by atoms with van der Waals surface area (Å²) in [5.41, 5.74) is 1.03. The molecule has 0 heterocycles. The molecule has 0 aromatic heterocycles. The molecule has 0 saturated heterocycles. The third kappa shape index (κ3) is 4.03. The fraction of sp³-hybridized carbons (Fsp3) is 0.286. The van der Waals surface area contributed by atoms with Crippen LogP contribution in [0.2, 0.25) is 0 Å². The van der Waals surface area contributed by atoms with Gasteiger partial charge in [0.05, 0.1) is 6.26 Å². The summed E-state index contributed by atoms with van der Waals surface area (Å²) in [4.78, 5) is 0. The van der Waals surface area contributed by atoms with Crippen LogP contribution in [0.1, 0.15) is 31.7 Å². The number of hydrogen-bond acceptors (Lipinski definition) is 1. The number of hydrogen-bond donors (Lipinski definition) is 0. The maximum Gasteiger partial charge on any atom is 0.133 e. The molecule has 0 aliphatic rings. The maximum atomic E-state index is 5.52. The van der Waals surface area contributed by atoms with Gasteiger partial charge in [-0.15, -0.1) is 0 Å². The van der Waals surface area contributed by atoms with Gasteiger partial charge in [0.15, 0.2) is 0 Å². The second kappa shape index (κ2) is 6.88. The van der Waals surface area contributed by atoms with Crippen molar-refractivity contribution >= 4 is 6.08 Å². The molecule has 1 heteroatoms. The molecule has 1 aromatic rings. The molecule has 80 valence electrons. The van der Waals surface area contributed by atoms with E-state index in [0.717, 1.165) is 17.7 Å². The highest BCUT2D eigenvalue weighted by atomic mass is 16.5.